The Morgan fingerprint density at radius 1 is 1.28 bits per heavy atom. The van der Waals surface area contributed by atoms with Gasteiger partial charge in [0.25, 0.3) is 5.91 Å². The minimum absolute atomic E-state index is 0. The first kappa shape index (κ1) is 20.4. The quantitative estimate of drug-likeness (QED) is 0.466. The Hall–Kier alpha value is -2.61. The van der Waals surface area contributed by atoms with Crippen LogP contribution in [0.2, 0.25) is 0 Å². The van der Waals surface area contributed by atoms with Crippen LogP contribution < -0.4 is 0 Å². The predicted octanol–water partition coefficient (Wildman–Crippen LogP) is 1.66. The molecule has 1 aliphatic rings. The van der Waals surface area contributed by atoms with Gasteiger partial charge in [-0.1, -0.05) is 12.1 Å². The van der Waals surface area contributed by atoms with Gasteiger partial charge < -0.3 is 14.7 Å². The summed E-state index contributed by atoms with van der Waals surface area (Å²) >= 11 is 0. The van der Waals surface area contributed by atoms with Crippen molar-refractivity contribution in [1.82, 2.24) is 9.80 Å². The van der Waals surface area contributed by atoms with E-state index in [4.69, 9.17) is 15.3 Å². The fraction of sp³-hybridized carbons (Fsp3) is 0.375. The lowest BCUT2D eigenvalue weighted by molar-refractivity contribution is -0.143. The van der Waals surface area contributed by atoms with Gasteiger partial charge in [-0.15, -0.1) is 12.4 Å². The Morgan fingerprint density at radius 2 is 1.84 bits per heavy atom. The highest BCUT2D eigenvalue weighted by Crippen LogP contribution is 2.36. The van der Waals surface area contributed by atoms with Crippen molar-refractivity contribution in [1.29, 1.82) is 5.41 Å². The molecule has 1 aromatic rings. The molecule has 8 nitrogen and oxygen atoms in total. The molecule has 1 aromatic carbocycles. The van der Waals surface area contributed by atoms with Crippen molar-refractivity contribution in [2.75, 3.05) is 20.2 Å². The van der Waals surface area contributed by atoms with Gasteiger partial charge in [0.1, 0.15) is 12.1 Å². The Balaban J connectivity index is 0.00000312. The van der Waals surface area contributed by atoms with Gasteiger partial charge in [0.05, 0.1) is 6.61 Å². The summed E-state index contributed by atoms with van der Waals surface area (Å²) in [6, 6.07) is 5.87. The third kappa shape index (κ3) is 3.43. The SMILES string of the molecule is CCOC(=N)c1ccc(C2(C)C(=O)N(CC(=O)O)C(=O)N2C)cc1.Cl. The molecule has 0 bridgehead atoms. The van der Waals surface area contributed by atoms with Gasteiger partial charge in [0.2, 0.25) is 5.90 Å². The van der Waals surface area contributed by atoms with E-state index in [0.29, 0.717) is 17.7 Å². The first-order valence-electron chi connectivity index (χ1n) is 7.37. The topological polar surface area (TPSA) is 111 Å². The number of nitrogens with one attached hydrogen (secondary N) is 1. The summed E-state index contributed by atoms with van der Waals surface area (Å²) in [5.41, 5.74) is -0.214. The molecule has 3 amide bonds. The third-order valence-electron chi connectivity index (χ3n) is 4.14. The molecule has 1 aliphatic heterocycles. The molecule has 1 heterocycles. The van der Waals surface area contributed by atoms with Crippen molar-refractivity contribution in [3.8, 4) is 0 Å². The summed E-state index contributed by atoms with van der Waals surface area (Å²) in [6.45, 7) is 3.04. The zero-order valence-corrected chi connectivity index (χ0v) is 14.9. The number of nitrogens with zero attached hydrogens (tertiary/aromatic N) is 2. The maximum atomic E-state index is 12.6. The first-order chi connectivity index (χ1) is 11.2. The van der Waals surface area contributed by atoms with Crippen LogP contribution in [0.4, 0.5) is 4.79 Å². The molecule has 0 spiro atoms. The third-order valence-corrected chi connectivity index (χ3v) is 4.14. The monoisotopic (exact) mass is 369 g/mol. The summed E-state index contributed by atoms with van der Waals surface area (Å²) in [4.78, 5) is 37.7. The van der Waals surface area contributed by atoms with E-state index in [1.807, 2.05) is 0 Å². The van der Waals surface area contributed by atoms with Crippen molar-refractivity contribution in [3.63, 3.8) is 0 Å². The van der Waals surface area contributed by atoms with Crippen molar-refractivity contribution >= 4 is 36.2 Å². The fourth-order valence-corrected chi connectivity index (χ4v) is 2.63. The van der Waals surface area contributed by atoms with Crippen LogP contribution in [-0.4, -0.2) is 58.9 Å². The van der Waals surface area contributed by atoms with Gasteiger partial charge >= 0.3 is 12.0 Å². The largest absolute Gasteiger partial charge is 0.480 e. The van der Waals surface area contributed by atoms with Crippen LogP contribution >= 0.6 is 12.4 Å². The summed E-state index contributed by atoms with van der Waals surface area (Å²) in [6.07, 6.45) is 0. The number of carboxylic acids is 1. The van der Waals surface area contributed by atoms with Crippen LogP contribution in [0.3, 0.4) is 0 Å². The average molecular weight is 370 g/mol. The van der Waals surface area contributed by atoms with Crippen molar-refractivity contribution in [3.05, 3.63) is 35.4 Å². The predicted molar refractivity (Wildman–Crippen MR) is 92.0 cm³/mol. The Labute approximate surface area is 151 Å². The van der Waals surface area contributed by atoms with E-state index in [-0.39, 0.29) is 18.3 Å². The van der Waals surface area contributed by atoms with E-state index in [9.17, 15) is 14.4 Å². The fourth-order valence-electron chi connectivity index (χ4n) is 2.63. The summed E-state index contributed by atoms with van der Waals surface area (Å²) in [7, 11) is 1.46. The zero-order chi connectivity index (χ0) is 18.1. The molecule has 1 atom stereocenters. The number of amides is 3. The molecule has 1 saturated heterocycles. The molecule has 1 unspecified atom stereocenters. The molecule has 1 fully saturated rings. The second-order valence-electron chi connectivity index (χ2n) is 5.54. The number of ether oxygens (including phenoxy) is 1. The highest BCUT2D eigenvalue weighted by molar-refractivity contribution is 6.08. The number of carbonyl (C=O) groups is 3. The number of rotatable bonds is 5. The summed E-state index contributed by atoms with van der Waals surface area (Å²) in [5, 5.41) is 16.6. The summed E-state index contributed by atoms with van der Waals surface area (Å²) < 4.78 is 5.12. The molecule has 0 aromatic heterocycles. The van der Waals surface area contributed by atoms with Crippen LogP contribution in [0, 0.1) is 5.41 Å². The Kier molecular flexibility index (Phi) is 6.15. The van der Waals surface area contributed by atoms with Gasteiger partial charge in [-0.05, 0) is 31.5 Å². The number of hydrogen-bond acceptors (Lipinski definition) is 5. The van der Waals surface area contributed by atoms with Crippen molar-refractivity contribution < 1.29 is 24.2 Å². The van der Waals surface area contributed by atoms with Gasteiger partial charge in [-0.3, -0.25) is 19.9 Å². The molecule has 136 valence electrons. The summed E-state index contributed by atoms with van der Waals surface area (Å²) in [5.74, 6) is -1.83. The van der Waals surface area contributed by atoms with E-state index in [1.165, 1.54) is 11.9 Å². The lowest BCUT2D eigenvalue weighted by atomic mass is 9.90. The standard InChI is InChI=1S/C16H19N3O5.ClH/c1-4-24-13(17)10-5-7-11(8-6-10)16(2)14(22)19(9-12(20)21)15(23)18(16)3;/h5-8,17H,4,9H2,1-3H3,(H,20,21);1H. The van der Waals surface area contributed by atoms with Crippen LogP contribution in [0.5, 0.6) is 0 Å². The lowest BCUT2D eigenvalue weighted by Gasteiger charge is -2.29. The van der Waals surface area contributed by atoms with E-state index >= 15 is 0 Å². The molecular weight excluding hydrogens is 350 g/mol. The molecule has 0 aliphatic carbocycles. The van der Waals surface area contributed by atoms with Crippen molar-refractivity contribution in [2.24, 2.45) is 0 Å². The first-order valence-corrected chi connectivity index (χ1v) is 7.37. The molecular formula is C16H20ClN3O5. The zero-order valence-electron chi connectivity index (χ0n) is 14.1. The van der Waals surface area contributed by atoms with E-state index in [0.717, 1.165) is 4.90 Å². The molecule has 25 heavy (non-hydrogen) atoms. The highest BCUT2D eigenvalue weighted by atomic mass is 35.5. The van der Waals surface area contributed by atoms with Gasteiger partial charge in [0, 0.05) is 12.6 Å². The minimum Gasteiger partial charge on any atom is -0.480 e. The number of urea groups is 1. The maximum Gasteiger partial charge on any atom is 0.328 e. The van der Waals surface area contributed by atoms with Gasteiger partial charge in [0.15, 0.2) is 0 Å². The highest BCUT2D eigenvalue weighted by Gasteiger charge is 2.54. The number of hydrogen-bond donors (Lipinski definition) is 2. The van der Waals surface area contributed by atoms with Crippen LogP contribution in [-0.2, 0) is 19.9 Å². The normalized spacial score (nSPS) is 19.6. The molecule has 0 saturated carbocycles. The van der Waals surface area contributed by atoms with Crippen molar-refractivity contribution in [2.45, 2.75) is 19.4 Å². The van der Waals surface area contributed by atoms with Crippen LogP contribution in [0.25, 0.3) is 0 Å². The Bertz CT molecular complexity index is 706. The second kappa shape index (κ2) is 7.52. The smallest absolute Gasteiger partial charge is 0.328 e. The maximum absolute atomic E-state index is 12.6. The number of aliphatic carboxylic acids is 1. The molecule has 2 rings (SSSR count). The van der Waals surface area contributed by atoms with Gasteiger partial charge in [-0.25, -0.2) is 4.79 Å². The lowest BCUT2D eigenvalue weighted by Crippen LogP contribution is -2.42. The number of halogens is 1. The average Bonchev–Trinajstić information content (AvgIpc) is 2.71. The second-order valence-corrected chi connectivity index (χ2v) is 5.54. The molecule has 2 N–H and O–H groups in total. The number of carboxylic acid groups (broad SMARTS) is 1. The number of imide groups is 1. The molecule has 9 heteroatoms. The minimum atomic E-state index is -1.29. The van der Waals surface area contributed by atoms with E-state index in [1.54, 1.807) is 38.1 Å². The van der Waals surface area contributed by atoms with Gasteiger partial charge in [-0.2, -0.15) is 0 Å². The number of likely N-dealkylation sites (N-methyl/N-ethyl adjacent to an activating group) is 1. The molecule has 0 radical (unpaired) electrons. The van der Waals surface area contributed by atoms with E-state index < -0.39 is 30.0 Å². The number of benzene rings is 1. The Morgan fingerprint density at radius 3 is 2.32 bits per heavy atom. The van der Waals surface area contributed by atoms with E-state index in [2.05, 4.69) is 0 Å². The van der Waals surface area contributed by atoms with Crippen LogP contribution in [0.1, 0.15) is 25.0 Å². The number of carbonyl (C=O) groups excluding carboxylic acids is 2. The van der Waals surface area contributed by atoms with Crippen LogP contribution in [0.15, 0.2) is 24.3 Å².